The summed E-state index contributed by atoms with van der Waals surface area (Å²) in [4.78, 5) is 6.65. The van der Waals surface area contributed by atoms with Gasteiger partial charge in [-0.15, -0.1) is 0 Å². The van der Waals surface area contributed by atoms with Crippen LogP contribution < -0.4 is 10.6 Å². The molecule has 0 aromatic carbocycles. The van der Waals surface area contributed by atoms with E-state index in [4.69, 9.17) is 10.5 Å². The summed E-state index contributed by atoms with van der Waals surface area (Å²) in [5.74, 6) is 0.962. The lowest BCUT2D eigenvalue weighted by molar-refractivity contribution is 0.0853. The van der Waals surface area contributed by atoms with E-state index in [9.17, 15) is 0 Å². The highest BCUT2D eigenvalue weighted by Gasteiger charge is 2.22. The predicted molar refractivity (Wildman–Crippen MR) is 73.3 cm³/mol. The third kappa shape index (κ3) is 2.55. The number of halogens is 1. The Morgan fingerprint density at radius 1 is 1.47 bits per heavy atom. The first kappa shape index (κ1) is 12.6. The lowest BCUT2D eigenvalue weighted by Crippen LogP contribution is -2.37. The van der Waals surface area contributed by atoms with Gasteiger partial charge in [0.05, 0.1) is 16.4 Å². The Morgan fingerprint density at radius 3 is 2.76 bits per heavy atom. The molecule has 0 saturated carbocycles. The summed E-state index contributed by atoms with van der Waals surface area (Å²) in [5, 5.41) is 0. The highest BCUT2D eigenvalue weighted by molar-refractivity contribution is 9.10. The van der Waals surface area contributed by atoms with Crippen LogP contribution in [0.2, 0.25) is 0 Å². The third-order valence-corrected chi connectivity index (χ3v) is 4.31. The van der Waals surface area contributed by atoms with Crippen molar-refractivity contribution in [1.82, 2.24) is 4.98 Å². The number of rotatable bonds is 2. The van der Waals surface area contributed by atoms with Crippen LogP contribution in [0.5, 0.6) is 0 Å². The van der Waals surface area contributed by atoms with Gasteiger partial charge in [0.1, 0.15) is 5.82 Å². The SMILES string of the molecule is Cc1c(N)cnc(N(C)C2CCOCC2)c1Br. The largest absolute Gasteiger partial charge is 0.397 e. The van der Waals surface area contributed by atoms with Crippen LogP contribution in [0.3, 0.4) is 0 Å². The van der Waals surface area contributed by atoms with Crippen LogP contribution in [0.1, 0.15) is 18.4 Å². The molecule has 0 radical (unpaired) electrons. The number of anilines is 2. The van der Waals surface area contributed by atoms with E-state index in [2.05, 4.69) is 32.9 Å². The Labute approximate surface area is 110 Å². The second-order valence-corrected chi connectivity index (χ2v) is 5.22. The summed E-state index contributed by atoms with van der Waals surface area (Å²) in [6.07, 6.45) is 3.83. The first-order chi connectivity index (χ1) is 8.11. The van der Waals surface area contributed by atoms with Gasteiger partial charge in [-0.25, -0.2) is 4.98 Å². The average molecular weight is 300 g/mol. The maximum absolute atomic E-state index is 5.84. The number of ether oxygens (including phenoxy) is 1. The molecule has 0 bridgehead atoms. The maximum Gasteiger partial charge on any atom is 0.143 e. The number of pyridine rings is 1. The Kier molecular flexibility index (Phi) is 3.89. The quantitative estimate of drug-likeness (QED) is 0.911. The van der Waals surface area contributed by atoms with Crippen molar-refractivity contribution in [3.63, 3.8) is 0 Å². The van der Waals surface area contributed by atoms with Gasteiger partial charge in [0, 0.05) is 26.3 Å². The molecule has 1 aromatic rings. The third-order valence-electron chi connectivity index (χ3n) is 3.36. The summed E-state index contributed by atoms with van der Waals surface area (Å²) in [5.41, 5.74) is 7.61. The van der Waals surface area contributed by atoms with Crippen LogP contribution in [-0.4, -0.2) is 31.3 Å². The van der Waals surface area contributed by atoms with E-state index < -0.39 is 0 Å². The second kappa shape index (κ2) is 5.23. The van der Waals surface area contributed by atoms with Gasteiger partial charge < -0.3 is 15.4 Å². The van der Waals surface area contributed by atoms with E-state index in [1.54, 1.807) is 6.20 Å². The van der Waals surface area contributed by atoms with Crippen LogP contribution >= 0.6 is 15.9 Å². The minimum Gasteiger partial charge on any atom is -0.397 e. The number of nitrogens with zero attached hydrogens (tertiary/aromatic N) is 2. The molecule has 1 aliphatic rings. The number of hydrogen-bond acceptors (Lipinski definition) is 4. The molecule has 4 nitrogen and oxygen atoms in total. The van der Waals surface area contributed by atoms with Crippen LogP contribution in [0.4, 0.5) is 11.5 Å². The highest BCUT2D eigenvalue weighted by atomic mass is 79.9. The van der Waals surface area contributed by atoms with Crippen molar-refractivity contribution in [2.45, 2.75) is 25.8 Å². The summed E-state index contributed by atoms with van der Waals surface area (Å²) in [6.45, 7) is 3.67. The van der Waals surface area contributed by atoms with E-state index in [-0.39, 0.29) is 0 Å². The molecule has 0 aliphatic carbocycles. The van der Waals surface area contributed by atoms with Gasteiger partial charge in [-0.1, -0.05) is 0 Å². The van der Waals surface area contributed by atoms with Crippen LogP contribution in [0, 0.1) is 6.92 Å². The molecule has 17 heavy (non-hydrogen) atoms. The first-order valence-corrected chi connectivity index (χ1v) is 6.61. The van der Waals surface area contributed by atoms with Crippen LogP contribution in [0.15, 0.2) is 10.7 Å². The minimum atomic E-state index is 0.496. The molecule has 1 aliphatic heterocycles. The molecule has 0 amide bonds. The summed E-state index contributed by atoms with van der Waals surface area (Å²) in [7, 11) is 2.08. The molecule has 5 heteroatoms. The van der Waals surface area contributed by atoms with Gasteiger partial charge in [0.2, 0.25) is 0 Å². The monoisotopic (exact) mass is 299 g/mol. The maximum atomic E-state index is 5.84. The van der Waals surface area contributed by atoms with E-state index >= 15 is 0 Å². The zero-order valence-electron chi connectivity index (χ0n) is 10.2. The van der Waals surface area contributed by atoms with Crippen molar-refractivity contribution in [3.8, 4) is 0 Å². The first-order valence-electron chi connectivity index (χ1n) is 5.82. The molecule has 2 heterocycles. The number of aromatic nitrogens is 1. The smallest absolute Gasteiger partial charge is 0.143 e. The number of hydrogen-bond donors (Lipinski definition) is 1. The Bertz CT molecular complexity index is 405. The van der Waals surface area contributed by atoms with Crippen molar-refractivity contribution in [3.05, 3.63) is 16.2 Å². The normalized spacial score (nSPS) is 17.1. The van der Waals surface area contributed by atoms with Gasteiger partial charge in [0.25, 0.3) is 0 Å². The van der Waals surface area contributed by atoms with Gasteiger partial charge in [-0.05, 0) is 41.3 Å². The average Bonchev–Trinajstić information content (AvgIpc) is 2.36. The van der Waals surface area contributed by atoms with Gasteiger partial charge in [-0.2, -0.15) is 0 Å². The predicted octanol–water partition coefficient (Wildman–Crippen LogP) is 2.35. The molecule has 0 spiro atoms. The molecule has 2 N–H and O–H groups in total. The molecule has 1 saturated heterocycles. The Hall–Kier alpha value is -0.810. The molecule has 0 unspecified atom stereocenters. The standard InChI is InChI=1S/C12H18BrN3O/c1-8-10(14)7-15-12(11(8)13)16(2)9-3-5-17-6-4-9/h7,9H,3-6,14H2,1-2H3. The van der Waals surface area contributed by atoms with Gasteiger partial charge in [-0.3, -0.25) is 0 Å². The fourth-order valence-electron chi connectivity index (χ4n) is 2.07. The van der Waals surface area contributed by atoms with Crippen molar-refractivity contribution >= 4 is 27.4 Å². The molecular formula is C12H18BrN3O. The van der Waals surface area contributed by atoms with Gasteiger partial charge >= 0.3 is 0 Å². The minimum absolute atomic E-state index is 0.496. The zero-order chi connectivity index (χ0) is 12.4. The van der Waals surface area contributed by atoms with Crippen molar-refractivity contribution < 1.29 is 4.74 Å². The van der Waals surface area contributed by atoms with E-state index in [1.807, 2.05) is 6.92 Å². The van der Waals surface area contributed by atoms with Crippen molar-refractivity contribution in [1.29, 1.82) is 0 Å². The number of nitrogens with two attached hydrogens (primary N) is 1. The number of nitrogen functional groups attached to an aromatic ring is 1. The molecule has 2 rings (SSSR count). The molecular weight excluding hydrogens is 282 g/mol. The fraction of sp³-hybridized carbons (Fsp3) is 0.583. The van der Waals surface area contributed by atoms with E-state index in [0.717, 1.165) is 47.6 Å². The van der Waals surface area contributed by atoms with Crippen LogP contribution in [0.25, 0.3) is 0 Å². The summed E-state index contributed by atoms with van der Waals surface area (Å²) < 4.78 is 6.37. The van der Waals surface area contributed by atoms with Crippen LogP contribution in [-0.2, 0) is 4.74 Å². The van der Waals surface area contributed by atoms with E-state index in [0.29, 0.717) is 6.04 Å². The molecule has 1 fully saturated rings. The molecule has 0 atom stereocenters. The highest BCUT2D eigenvalue weighted by Crippen LogP contribution is 2.32. The molecule has 94 valence electrons. The fourth-order valence-corrected chi connectivity index (χ4v) is 2.68. The molecule has 1 aromatic heterocycles. The second-order valence-electron chi connectivity index (χ2n) is 4.43. The summed E-state index contributed by atoms with van der Waals surface area (Å²) >= 11 is 3.58. The summed E-state index contributed by atoms with van der Waals surface area (Å²) in [6, 6.07) is 0.496. The van der Waals surface area contributed by atoms with Gasteiger partial charge in [0.15, 0.2) is 0 Å². The van der Waals surface area contributed by atoms with Crippen molar-refractivity contribution in [2.75, 3.05) is 30.9 Å². The van der Waals surface area contributed by atoms with E-state index in [1.165, 1.54) is 0 Å². The lowest BCUT2D eigenvalue weighted by Gasteiger charge is -2.33. The lowest BCUT2D eigenvalue weighted by atomic mass is 10.1. The zero-order valence-corrected chi connectivity index (χ0v) is 11.8. The topological polar surface area (TPSA) is 51.4 Å². The van der Waals surface area contributed by atoms with Crippen molar-refractivity contribution in [2.24, 2.45) is 0 Å². The Balaban J connectivity index is 2.24. The Morgan fingerprint density at radius 2 is 2.12 bits per heavy atom.